The molecular formula is C12H17N3. The number of nitrogens with one attached hydrogen (secondary N) is 1. The maximum atomic E-state index is 5.44. The second-order valence-corrected chi connectivity index (χ2v) is 3.35. The first kappa shape index (κ1) is 11.7. The van der Waals surface area contributed by atoms with E-state index in [1.54, 1.807) is 0 Å². The van der Waals surface area contributed by atoms with E-state index in [0.29, 0.717) is 0 Å². The van der Waals surface area contributed by atoms with Crippen molar-refractivity contribution in [3.05, 3.63) is 30.1 Å². The topological polar surface area (TPSA) is 50.9 Å². The lowest BCUT2D eigenvalue weighted by atomic mass is 10.1. The number of aryl methyl sites for hydroxylation is 1. The number of aromatic nitrogens is 1. The lowest BCUT2D eigenvalue weighted by molar-refractivity contribution is 0.501. The Balaban J connectivity index is 2.36. The van der Waals surface area contributed by atoms with Crippen LogP contribution in [0.4, 0.5) is 0 Å². The lowest BCUT2D eigenvalue weighted by Gasteiger charge is -2.11. The molecule has 1 rings (SSSR count). The summed E-state index contributed by atoms with van der Waals surface area (Å²) in [5.41, 5.74) is 3.88. The van der Waals surface area contributed by atoms with Gasteiger partial charge >= 0.3 is 0 Å². The summed E-state index contributed by atoms with van der Waals surface area (Å²) < 4.78 is 0. The van der Waals surface area contributed by atoms with Crippen LogP contribution in [0, 0.1) is 11.8 Å². The molecule has 15 heavy (non-hydrogen) atoms. The van der Waals surface area contributed by atoms with E-state index in [2.05, 4.69) is 22.3 Å². The molecule has 0 spiro atoms. The molecule has 0 fully saturated rings. The molecule has 1 atom stereocenters. The Morgan fingerprint density at radius 2 is 2.40 bits per heavy atom. The molecule has 1 unspecified atom stereocenters. The van der Waals surface area contributed by atoms with E-state index >= 15 is 0 Å². The van der Waals surface area contributed by atoms with Gasteiger partial charge in [-0.05, 0) is 31.9 Å². The van der Waals surface area contributed by atoms with E-state index in [1.165, 1.54) is 0 Å². The van der Waals surface area contributed by atoms with Crippen molar-refractivity contribution in [1.82, 2.24) is 10.4 Å². The van der Waals surface area contributed by atoms with Crippen molar-refractivity contribution in [1.29, 1.82) is 0 Å². The van der Waals surface area contributed by atoms with Crippen molar-refractivity contribution in [3.8, 4) is 11.8 Å². The number of pyridine rings is 1. The van der Waals surface area contributed by atoms with Gasteiger partial charge < -0.3 is 0 Å². The fourth-order valence-electron chi connectivity index (χ4n) is 1.34. The SMILES string of the molecule is CC#CCC(CCc1ccccn1)NN. The third-order valence-electron chi connectivity index (χ3n) is 2.24. The zero-order valence-electron chi connectivity index (χ0n) is 9.03. The number of hydrogen-bond acceptors (Lipinski definition) is 3. The van der Waals surface area contributed by atoms with Crippen molar-refractivity contribution in [2.45, 2.75) is 32.2 Å². The summed E-state index contributed by atoms with van der Waals surface area (Å²) in [6.07, 6.45) is 4.50. The Bertz CT molecular complexity index is 324. The number of nitrogens with zero attached hydrogens (tertiary/aromatic N) is 1. The average molecular weight is 203 g/mol. The fraction of sp³-hybridized carbons (Fsp3) is 0.417. The van der Waals surface area contributed by atoms with Gasteiger partial charge in [0.25, 0.3) is 0 Å². The highest BCUT2D eigenvalue weighted by Gasteiger charge is 2.04. The Hall–Kier alpha value is -1.37. The molecule has 3 heteroatoms. The van der Waals surface area contributed by atoms with Gasteiger partial charge in [-0.15, -0.1) is 11.8 Å². The third kappa shape index (κ3) is 4.59. The number of hydrogen-bond donors (Lipinski definition) is 2. The molecule has 1 aromatic rings. The van der Waals surface area contributed by atoms with Gasteiger partial charge in [-0.2, -0.15) is 0 Å². The molecule has 1 aromatic heterocycles. The normalized spacial score (nSPS) is 11.6. The van der Waals surface area contributed by atoms with Gasteiger partial charge in [0, 0.05) is 24.4 Å². The van der Waals surface area contributed by atoms with E-state index in [9.17, 15) is 0 Å². The molecular weight excluding hydrogens is 186 g/mol. The van der Waals surface area contributed by atoms with E-state index in [4.69, 9.17) is 5.84 Å². The van der Waals surface area contributed by atoms with Gasteiger partial charge in [0.05, 0.1) is 0 Å². The molecule has 0 aliphatic heterocycles. The van der Waals surface area contributed by atoms with Crippen LogP contribution >= 0.6 is 0 Å². The van der Waals surface area contributed by atoms with Crippen LogP contribution in [0.3, 0.4) is 0 Å². The van der Waals surface area contributed by atoms with Gasteiger partial charge in [-0.25, -0.2) is 0 Å². The van der Waals surface area contributed by atoms with Crippen molar-refractivity contribution in [3.63, 3.8) is 0 Å². The van der Waals surface area contributed by atoms with E-state index < -0.39 is 0 Å². The molecule has 0 saturated heterocycles. The summed E-state index contributed by atoms with van der Waals surface area (Å²) in [5, 5.41) is 0. The minimum absolute atomic E-state index is 0.249. The van der Waals surface area contributed by atoms with Crippen LogP contribution in [-0.4, -0.2) is 11.0 Å². The molecule has 0 aliphatic rings. The summed E-state index contributed by atoms with van der Waals surface area (Å²) >= 11 is 0. The first-order chi connectivity index (χ1) is 7.36. The Morgan fingerprint density at radius 1 is 1.53 bits per heavy atom. The Morgan fingerprint density at radius 3 is 3.00 bits per heavy atom. The summed E-state index contributed by atoms with van der Waals surface area (Å²) in [6, 6.07) is 6.20. The van der Waals surface area contributed by atoms with Crippen molar-refractivity contribution >= 4 is 0 Å². The highest BCUT2D eigenvalue weighted by atomic mass is 15.2. The highest BCUT2D eigenvalue weighted by molar-refractivity contribution is 5.04. The molecule has 0 aromatic carbocycles. The highest BCUT2D eigenvalue weighted by Crippen LogP contribution is 2.03. The van der Waals surface area contributed by atoms with Crippen LogP contribution in [0.2, 0.25) is 0 Å². The van der Waals surface area contributed by atoms with Crippen LogP contribution in [0.15, 0.2) is 24.4 Å². The van der Waals surface area contributed by atoms with Crippen LogP contribution in [0.5, 0.6) is 0 Å². The fourth-order valence-corrected chi connectivity index (χ4v) is 1.34. The lowest BCUT2D eigenvalue weighted by Crippen LogP contribution is -2.35. The van der Waals surface area contributed by atoms with Gasteiger partial charge in [0.2, 0.25) is 0 Å². The summed E-state index contributed by atoms with van der Waals surface area (Å²) in [6.45, 7) is 1.84. The standard InChI is InChI=1S/C12H17N3/c1-2-3-6-12(15-13)9-8-11-7-4-5-10-14-11/h4-5,7,10,12,15H,6,8-9,13H2,1H3. The second-order valence-electron chi connectivity index (χ2n) is 3.35. The maximum absolute atomic E-state index is 5.44. The minimum Gasteiger partial charge on any atom is -0.271 e. The largest absolute Gasteiger partial charge is 0.271 e. The summed E-state index contributed by atoms with van der Waals surface area (Å²) in [5.74, 6) is 11.3. The van der Waals surface area contributed by atoms with Gasteiger partial charge in [0.15, 0.2) is 0 Å². The first-order valence-electron chi connectivity index (χ1n) is 5.12. The van der Waals surface area contributed by atoms with Gasteiger partial charge in [0.1, 0.15) is 0 Å². The maximum Gasteiger partial charge on any atom is 0.0404 e. The van der Waals surface area contributed by atoms with Gasteiger partial charge in [-0.3, -0.25) is 16.3 Å². The quantitative estimate of drug-likeness (QED) is 0.430. The van der Waals surface area contributed by atoms with Crippen molar-refractivity contribution in [2.75, 3.05) is 0 Å². The molecule has 0 saturated carbocycles. The number of rotatable bonds is 5. The van der Waals surface area contributed by atoms with E-state index in [1.807, 2.05) is 31.3 Å². The van der Waals surface area contributed by atoms with Crippen LogP contribution in [0.25, 0.3) is 0 Å². The Kier molecular flexibility index (Phi) is 5.46. The summed E-state index contributed by atoms with van der Waals surface area (Å²) in [7, 11) is 0. The Labute approximate surface area is 91.1 Å². The molecule has 1 heterocycles. The van der Waals surface area contributed by atoms with E-state index in [-0.39, 0.29) is 6.04 Å². The monoisotopic (exact) mass is 203 g/mol. The van der Waals surface area contributed by atoms with Crippen LogP contribution < -0.4 is 11.3 Å². The minimum atomic E-state index is 0.249. The van der Waals surface area contributed by atoms with Crippen molar-refractivity contribution < 1.29 is 0 Å². The zero-order chi connectivity index (χ0) is 10.9. The predicted molar refractivity (Wildman–Crippen MR) is 61.7 cm³/mol. The molecule has 0 radical (unpaired) electrons. The number of hydrazine groups is 1. The second kappa shape index (κ2) is 6.99. The molecule has 3 nitrogen and oxygen atoms in total. The van der Waals surface area contributed by atoms with Crippen molar-refractivity contribution in [2.24, 2.45) is 5.84 Å². The first-order valence-corrected chi connectivity index (χ1v) is 5.12. The van der Waals surface area contributed by atoms with Gasteiger partial charge in [-0.1, -0.05) is 6.07 Å². The van der Waals surface area contributed by atoms with Crippen LogP contribution in [-0.2, 0) is 6.42 Å². The predicted octanol–water partition coefficient (Wildman–Crippen LogP) is 1.26. The number of nitrogens with two attached hydrogens (primary N) is 1. The average Bonchev–Trinajstić information content (AvgIpc) is 2.31. The molecule has 0 aliphatic carbocycles. The molecule has 3 N–H and O–H groups in total. The smallest absolute Gasteiger partial charge is 0.0404 e. The van der Waals surface area contributed by atoms with E-state index in [0.717, 1.165) is 25.0 Å². The molecule has 0 amide bonds. The van der Waals surface area contributed by atoms with Crippen LogP contribution in [0.1, 0.15) is 25.5 Å². The zero-order valence-corrected chi connectivity index (χ0v) is 9.03. The molecule has 0 bridgehead atoms. The molecule has 80 valence electrons. The third-order valence-corrected chi connectivity index (χ3v) is 2.24. The summed E-state index contributed by atoms with van der Waals surface area (Å²) in [4.78, 5) is 4.26.